The van der Waals surface area contributed by atoms with Gasteiger partial charge in [0.2, 0.25) is 0 Å². The topological polar surface area (TPSA) is 72.1 Å². The zero-order chi connectivity index (χ0) is 10.1. The molecule has 2 N–H and O–H groups in total. The average Bonchev–Trinajstić information content (AvgIpc) is 2.76. The molecule has 1 aliphatic heterocycles. The number of rotatable bonds is 1. The molecule has 0 radical (unpaired) electrons. The Balaban J connectivity index is 2.07. The lowest BCUT2D eigenvalue weighted by atomic mass is 10.1. The zero-order valence-corrected chi connectivity index (χ0v) is 8.70. The summed E-state index contributed by atoms with van der Waals surface area (Å²) in [5.41, 5.74) is 6.26. The van der Waals surface area contributed by atoms with E-state index in [1.807, 2.05) is 0 Å². The molecule has 0 saturated carbocycles. The standard InChI is InChI=1S/C8H12N4OS/c1-5-2-12(3-6(5)9)8(13)7-4-14-11-10-7/h4-6H,2-3,9H2,1H3. The largest absolute Gasteiger partial charge is 0.335 e. The molecule has 1 saturated heterocycles. The quantitative estimate of drug-likeness (QED) is 0.709. The highest BCUT2D eigenvalue weighted by Crippen LogP contribution is 2.16. The molecule has 2 unspecified atom stereocenters. The Morgan fingerprint density at radius 1 is 1.71 bits per heavy atom. The molecule has 1 aliphatic rings. The Morgan fingerprint density at radius 3 is 3.00 bits per heavy atom. The first-order chi connectivity index (χ1) is 6.68. The Bertz CT molecular complexity index is 316. The van der Waals surface area contributed by atoms with Crippen molar-refractivity contribution in [2.24, 2.45) is 11.7 Å². The first-order valence-electron chi connectivity index (χ1n) is 4.50. The highest BCUT2D eigenvalue weighted by molar-refractivity contribution is 7.03. The lowest BCUT2D eigenvalue weighted by Crippen LogP contribution is -2.32. The van der Waals surface area contributed by atoms with Gasteiger partial charge in [-0.15, -0.1) is 5.10 Å². The molecule has 1 aromatic heterocycles. The molecule has 2 heterocycles. The molecule has 0 aromatic carbocycles. The zero-order valence-electron chi connectivity index (χ0n) is 7.88. The minimum absolute atomic E-state index is 0.0569. The summed E-state index contributed by atoms with van der Waals surface area (Å²) in [6.45, 7) is 3.40. The minimum Gasteiger partial charge on any atom is -0.335 e. The van der Waals surface area contributed by atoms with Crippen LogP contribution in [0, 0.1) is 5.92 Å². The number of likely N-dealkylation sites (tertiary alicyclic amines) is 1. The lowest BCUT2D eigenvalue weighted by molar-refractivity contribution is 0.0781. The fourth-order valence-corrected chi connectivity index (χ4v) is 2.01. The molecule has 1 aromatic rings. The van der Waals surface area contributed by atoms with Crippen LogP contribution in [0.2, 0.25) is 0 Å². The van der Waals surface area contributed by atoms with Gasteiger partial charge in [-0.25, -0.2) is 0 Å². The van der Waals surface area contributed by atoms with Gasteiger partial charge in [-0.2, -0.15) is 0 Å². The van der Waals surface area contributed by atoms with Gasteiger partial charge in [0.1, 0.15) is 0 Å². The van der Waals surface area contributed by atoms with Crippen LogP contribution in [0.4, 0.5) is 0 Å². The summed E-state index contributed by atoms with van der Waals surface area (Å²) in [6.07, 6.45) is 0. The van der Waals surface area contributed by atoms with Crippen molar-refractivity contribution in [3.8, 4) is 0 Å². The second-order valence-corrected chi connectivity index (χ2v) is 4.25. The summed E-state index contributed by atoms with van der Waals surface area (Å²) in [6, 6.07) is 0.0885. The molecular formula is C8H12N4OS. The summed E-state index contributed by atoms with van der Waals surface area (Å²) in [4.78, 5) is 13.5. The summed E-state index contributed by atoms with van der Waals surface area (Å²) >= 11 is 1.19. The number of aromatic nitrogens is 2. The van der Waals surface area contributed by atoms with Crippen LogP contribution in [0.5, 0.6) is 0 Å². The Hall–Kier alpha value is -1.01. The first-order valence-corrected chi connectivity index (χ1v) is 5.34. The van der Waals surface area contributed by atoms with E-state index < -0.39 is 0 Å². The Labute approximate surface area is 86.1 Å². The van der Waals surface area contributed by atoms with Gasteiger partial charge >= 0.3 is 0 Å². The fraction of sp³-hybridized carbons (Fsp3) is 0.625. The maximum atomic E-state index is 11.8. The third-order valence-electron chi connectivity index (χ3n) is 2.54. The summed E-state index contributed by atoms with van der Waals surface area (Å²) in [7, 11) is 0. The van der Waals surface area contributed by atoms with Gasteiger partial charge in [-0.1, -0.05) is 11.4 Å². The normalized spacial score (nSPS) is 26.9. The van der Waals surface area contributed by atoms with Crippen molar-refractivity contribution in [1.82, 2.24) is 14.5 Å². The van der Waals surface area contributed by atoms with Crippen molar-refractivity contribution in [2.75, 3.05) is 13.1 Å². The lowest BCUT2D eigenvalue weighted by Gasteiger charge is -2.13. The van der Waals surface area contributed by atoms with Gasteiger partial charge < -0.3 is 10.6 Å². The molecular weight excluding hydrogens is 200 g/mol. The van der Waals surface area contributed by atoms with Crippen LogP contribution in [0.25, 0.3) is 0 Å². The van der Waals surface area contributed by atoms with Crippen molar-refractivity contribution in [2.45, 2.75) is 13.0 Å². The van der Waals surface area contributed by atoms with Crippen LogP contribution in [0.1, 0.15) is 17.4 Å². The predicted octanol–water partition coefficient (Wildman–Crippen LogP) is -0.0427. The van der Waals surface area contributed by atoms with Gasteiger partial charge in [0.05, 0.1) is 0 Å². The number of nitrogens with two attached hydrogens (primary N) is 1. The maximum absolute atomic E-state index is 11.8. The summed E-state index contributed by atoms with van der Waals surface area (Å²) in [5.74, 6) is 0.309. The highest BCUT2D eigenvalue weighted by Gasteiger charge is 2.31. The number of hydrogen-bond acceptors (Lipinski definition) is 5. The SMILES string of the molecule is CC1CN(C(=O)c2csnn2)CC1N. The second-order valence-electron chi connectivity index (χ2n) is 3.64. The van der Waals surface area contributed by atoms with Crippen molar-refractivity contribution in [3.05, 3.63) is 11.1 Å². The van der Waals surface area contributed by atoms with E-state index in [0.29, 0.717) is 18.2 Å². The molecule has 0 spiro atoms. The monoisotopic (exact) mass is 212 g/mol. The minimum atomic E-state index is -0.0569. The van der Waals surface area contributed by atoms with Crippen LogP contribution in [-0.4, -0.2) is 39.5 Å². The molecule has 0 bridgehead atoms. The van der Waals surface area contributed by atoms with E-state index >= 15 is 0 Å². The van der Waals surface area contributed by atoms with Crippen LogP contribution in [0.3, 0.4) is 0 Å². The van der Waals surface area contributed by atoms with E-state index in [1.54, 1.807) is 10.3 Å². The highest BCUT2D eigenvalue weighted by atomic mass is 32.1. The van der Waals surface area contributed by atoms with Gasteiger partial charge in [-0.3, -0.25) is 4.79 Å². The van der Waals surface area contributed by atoms with E-state index in [4.69, 9.17) is 5.73 Å². The average molecular weight is 212 g/mol. The molecule has 76 valence electrons. The number of nitrogens with zero attached hydrogens (tertiary/aromatic N) is 3. The van der Waals surface area contributed by atoms with Crippen molar-refractivity contribution in [1.29, 1.82) is 0 Å². The van der Waals surface area contributed by atoms with E-state index in [2.05, 4.69) is 16.5 Å². The summed E-state index contributed by atoms with van der Waals surface area (Å²) < 4.78 is 3.67. The predicted molar refractivity (Wildman–Crippen MR) is 53.0 cm³/mol. The van der Waals surface area contributed by atoms with Crippen molar-refractivity contribution >= 4 is 17.4 Å². The van der Waals surface area contributed by atoms with Crippen molar-refractivity contribution in [3.63, 3.8) is 0 Å². The number of carbonyl (C=O) groups excluding carboxylic acids is 1. The number of amides is 1. The Morgan fingerprint density at radius 2 is 2.50 bits per heavy atom. The molecule has 1 amide bonds. The van der Waals surface area contributed by atoms with E-state index in [1.165, 1.54) is 11.5 Å². The smallest absolute Gasteiger partial charge is 0.275 e. The molecule has 14 heavy (non-hydrogen) atoms. The maximum Gasteiger partial charge on any atom is 0.275 e. The summed E-state index contributed by atoms with van der Waals surface area (Å²) in [5, 5.41) is 5.41. The van der Waals surface area contributed by atoms with Crippen LogP contribution in [-0.2, 0) is 0 Å². The molecule has 2 atom stereocenters. The van der Waals surface area contributed by atoms with Crippen LogP contribution >= 0.6 is 11.5 Å². The first kappa shape index (κ1) is 9.54. The van der Waals surface area contributed by atoms with E-state index in [0.717, 1.165) is 6.54 Å². The van der Waals surface area contributed by atoms with Crippen molar-refractivity contribution < 1.29 is 4.79 Å². The van der Waals surface area contributed by atoms with Gasteiger partial charge in [0.15, 0.2) is 5.69 Å². The molecule has 5 nitrogen and oxygen atoms in total. The third kappa shape index (κ3) is 1.62. The van der Waals surface area contributed by atoms with Crippen LogP contribution < -0.4 is 5.73 Å². The van der Waals surface area contributed by atoms with E-state index in [-0.39, 0.29) is 11.9 Å². The van der Waals surface area contributed by atoms with Gasteiger partial charge in [0, 0.05) is 24.5 Å². The number of hydrogen-bond donors (Lipinski definition) is 1. The van der Waals surface area contributed by atoms with Gasteiger partial charge in [0.25, 0.3) is 5.91 Å². The molecule has 0 aliphatic carbocycles. The van der Waals surface area contributed by atoms with E-state index in [9.17, 15) is 4.79 Å². The van der Waals surface area contributed by atoms with Gasteiger partial charge in [-0.05, 0) is 17.5 Å². The second kappa shape index (κ2) is 3.62. The Kier molecular flexibility index (Phi) is 2.47. The third-order valence-corrected chi connectivity index (χ3v) is 3.04. The molecule has 1 fully saturated rings. The molecule has 2 rings (SSSR count). The number of carbonyl (C=O) groups is 1. The molecule has 6 heteroatoms. The fourth-order valence-electron chi connectivity index (χ4n) is 1.58. The van der Waals surface area contributed by atoms with Crippen LogP contribution in [0.15, 0.2) is 5.38 Å².